The molecule has 0 aliphatic rings. The Morgan fingerprint density at radius 1 is 1.19 bits per heavy atom. The fourth-order valence-electron chi connectivity index (χ4n) is 1.78. The highest BCUT2D eigenvalue weighted by Crippen LogP contribution is 2.21. The van der Waals surface area contributed by atoms with Gasteiger partial charge in [-0.15, -0.1) is 0 Å². The summed E-state index contributed by atoms with van der Waals surface area (Å²) < 4.78 is 22.6. The molecule has 2 aromatic carbocycles. The van der Waals surface area contributed by atoms with Crippen molar-refractivity contribution in [1.82, 2.24) is 0 Å². The van der Waals surface area contributed by atoms with Crippen molar-refractivity contribution in [2.45, 2.75) is 11.8 Å². The van der Waals surface area contributed by atoms with Crippen molar-refractivity contribution in [3.8, 4) is 0 Å². The molecule has 0 fully saturated rings. The number of nitrogens with two attached hydrogens (primary N) is 1. The first-order chi connectivity index (χ1) is 9.77. The van der Waals surface area contributed by atoms with Crippen molar-refractivity contribution < 1.29 is 13.2 Å². The number of sulfonamides is 1. The first-order valence-electron chi connectivity index (χ1n) is 5.98. The molecule has 7 heteroatoms. The molecule has 0 saturated heterocycles. The van der Waals surface area contributed by atoms with Crippen molar-refractivity contribution >= 4 is 33.2 Å². The quantitative estimate of drug-likeness (QED) is 0.909. The number of hydrogen-bond donors (Lipinski definition) is 2. The van der Waals surface area contributed by atoms with Gasteiger partial charge in [-0.25, -0.2) is 13.6 Å². The predicted molar refractivity (Wildman–Crippen MR) is 82.0 cm³/mol. The summed E-state index contributed by atoms with van der Waals surface area (Å²) in [5.74, 6) is -0.504. The van der Waals surface area contributed by atoms with Crippen LogP contribution < -0.4 is 10.5 Å². The van der Waals surface area contributed by atoms with E-state index in [-0.39, 0.29) is 15.5 Å². The van der Waals surface area contributed by atoms with Gasteiger partial charge >= 0.3 is 0 Å². The summed E-state index contributed by atoms with van der Waals surface area (Å²) >= 11 is 5.94. The zero-order chi connectivity index (χ0) is 15.6. The Bertz CT molecular complexity index is 804. The standard InChI is InChI=1S/C14H13ClN2O3S/c1-9-3-2-4-10(7-9)17-14(18)12-8-11(21(16,19)20)5-6-13(12)15/h2-8H,1H3,(H,17,18)(H2,16,19,20). The topological polar surface area (TPSA) is 89.3 Å². The summed E-state index contributed by atoms with van der Waals surface area (Å²) in [7, 11) is -3.89. The van der Waals surface area contributed by atoms with Gasteiger partial charge in [-0.2, -0.15) is 0 Å². The summed E-state index contributed by atoms with van der Waals surface area (Å²) in [6, 6.07) is 10.9. The van der Waals surface area contributed by atoms with Crippen LogP contribution in [0.25, 0.3) is 0 Å². The largest absolute Gasteiger partial charge is 0.322 e. The van der Waals surface area contributed by atoms with Crippen LogP contribution in [0.3, 0.4) is 0 Å². The fourth-order valence-corrected chi connectivity index (χ4v) is 2.52. The third-order valence-corrected chi connectivity index (χ3v) is 4.03. The monoisotopic (exact) mass is 324 g/mol. The molecule has 5 nitrogen and oxygen atoms in total. The molecule has 0 saturated carbocycles. The van der Waals surface area contributed by atoms with Gasteiger partial charge in [0.1, 0.15) is 0 Å². The molecule has 0 aliphatic heterocycles. The molecule has 1 amide bonds. The van der Waals surface area contributed by atoms with Crippen LogP contribution in [0.1, 0.15) is 15.9 Å². The third kappa shape index (κ3) is 3.81. The highest BCUT2D eigenvalue weighted by molar-refractivity contribution is 7.89. The van der Waals surface area contributed by atoms with Gasteiger partial charge in [0, 0.05) is 5.69 Å². The van der Waals surface area contributed by atoms with E-state index in [1.165, 1.54) is 12.1 Å². The highest BCUT2D eigenvalue weighted by Gasteiger charge is 2.16. The molecule has 0 bridgehead atoms. The lowest BCUT2D eigenvalue weighted by atomic mass is 10.2. The molecule has 0 atom stereocenters. The molecule has 2 rings (SSSR count). The number of carbonyl (C=O) groups is 1. The maximum Gasteiger partial charge on any atom is 0.257 e. The van der Waals surface area contributed by atoms with Gasteiger partial charge in [-0.1, -0.05) is 23.7 Å². The van der Waals surface area contributed by atoms with Crippen molar-refractivity contribution in [1.29, 1.82) is 0 Å². The van der Waals surface area contributed by atoms with Gasteiger partial charge in [0.25, 0.3) is 5.91 Å². The SMILES string of the molecule is Cc1cccc(NC(=O)c2cc(S(N)(=O)=O)ccc2Cl)c1. The van der Waals surface area contributed by atoms with Crippen LogP contribution in [-0.4, -0.2) is 14.3 Å². The number of rotatable bonds is 3. The summed E-state index contributed by atoms with van der Waals surface area (Å²) in [5.41, 5.74) is 1.62. The van der Waals surface area contributed by atoms with Gasteiger partial charge in [-0.05, 0) is 42.8 Å². The Morgan fingerprint density at radius 3 is 2.52 bits per heavy atom. The number of carbonyl (C=O) groups excluding carboxylic acids is 1. The van der Waals surface area contributed by atoms with Gasteiger partial charge in [0.2, 0.25) is 10.0 Å². The summed E-state index contributed by atoms with van der Waals surface area (Å²) in [4.78, 5) is 12.0. The minimum atomic E-state index is -3.89. The number of nitrogens with one attached hydrogen (secondary N) is 1. The first kappa shape index (κ1) is 15.5. The van der Waals surface area contributed by atoms with Crippen LogP contribution in [0.4, 0.5) is 5.69 Å². The number of hydrogen-bond acceptors (Lipinski definition) is 3. The molecule has 0 unspecified atom stereocenters. The molecular formula is C14H13ClN2O3S. The summed E-state index contributed by atoms with van der Waals surface area (Å²) in [5, 5.41) is 7.85. The molecule has 0 aliphatic carbocycles. The average molecular weight is 325 g/mol. The van der Waals surface area contributed by atoms with Gasteiger partial charge in [-0.3, -0.25) is 4.79 Å². The molecule has 0 aromatic heterocycles. The molecule has 21 heavy (non-hydrogen) atoms. The van der Waals surface area contributed by atoms with Gasteiger partial charge in [0.15, 0.2) is 0 Å². The molecule has 110 valence electrons. The average Bonchev–Trinajstić information content (AvgIpc) is 2.37. The van der Waals surface area contributed by atoms with Crippen LogP contribution in [0.2, 0.25) is 5.02 Å². The second-order valence-corrected chi connectivity index (χ2v) is 6.48. The Hall–Kier alpha value is -1.89. The Morgan fingerprint density at radius 2 is 1.90 bits per heavy atom. The molecule has 0 radical (unpaired) electrons. The van der Waals surface area contributed by atoms with Crippen LogP contribution in [0.15, 0.2) is 47.4 Å². The number of anilines is 1. The van der Waals surface area contributed by atoms with E-state index in [1.54, 1.807) is 18.2 Å². The van der Waals surface area contributed by atoms with E-state index in [2.05, 4.69) is 5.32 Å². The predicted octanol–water partition coefficient (Wildman–Crippen LogP) is 2.55. The van der Waals surface area contributed by atoms with Crippen molar-refractivity contribution in [3.05, 3.63) is 58.6 Å². The van der Waals surface area contributed by atoms with Crippen molar-refractivity contribution in [2.24, 2.45) is 5.14 Å². The number of amides is 1. The minimum Gasteiger partial charge on any atom is -0.322 e. The lowest BCUT2D eigenvalue weighted by Gasteiger charge is -2.08. The zero-order valence-electron chi connectivity index (χ0n) is 11.1. The van der Waals surface area contributed by atoms with Crippen LogP contribution in [0, 0.1) is 6.92 Å². The number of primary sulfonamides is 1. The number of aryl methyl sites for hydroxylation is 1. The van der Waals surface area contributed by atoms with Crippen molar-refractivity contribution in [2.75, 3.05) is 5.32 Å². The van der Waals surface area contributed by atoms with Crippen LogP contribution in [0.5, 0.6) is 0 Å². The normalized spacial score (nSPS) is 11.2. The Labute approximate surface area is 127 Å². The molecule has 0 spiro atoms. The molecule has 3 N–H and O–H groups in total. The second kappa shape index (κ2) is 5.85. The summed E-state index contributed by atoms with van der Waals surface area (Å²) in [6.07, 6.45) is 0. The smallest absolute Gasteiger partial charge is 0.257 e. The summed E-state index contributed by atoms with van der Waals surface area (Å²) in [6.45, 7) is 1.89. The number of benzene rings is 2. The van der Waals surface area contributed by atoms with E-state index in [0.29, 0.717) is 5.69 Å². The first-order valence-corrected chi connectivity index (χ1v) is 7.90. The lowest BCUT2D eigenvalue weighted by molar-refractivity contribution is 0.102. The van der Waals surface area contributed by atoms with Gasteiger partial charge < -0.3 is 5.32 Å². The molecule has 0 heterocycles. The van der Waals surface area contributed by atoms with E-state index < -0.39 is 15.9 Å². The highest BCUT2D eigenvalue weighted by atomic mass is 35.5. The van der Waals surface area contributed by atoms with E-state index >= 15 is 0 Å². The fraction of sp³-hybridized carbons (Fsp3) is 0.0714. The molecule has 2 aromatic rings. The maximum atomic E-state index is 12.2. The number of halogens is 1. The second-order valence-electron chi connectivity index (χ2n) is 4.51. The Kier molecular flexibility index (Phi) is 4.32. The van der Waals surface area contributed by atoms with E-state index in [4.69, 9.17) is 16.7 Å². The van der Waals surface area contributed by atoms with Crippen LogP contribution in [-0.2, 0) is 10.0 Å². The van der Waals surface area contributed by atoms with Crippen LogP contribution >= 0.6 is 11.6 Å². The van der Waals surface area contributed by atoms with E-state index in [9.17, 15) is 13.2 Å². The molecular weight excluding hydrogens is 312 g/mol. The minimum absolute atomic E-state index is 0.0460. The van der Waals surface area contributed by atoms with E-state index in [0.717, 1.165) is 11.6 Å². The Balaban J connectivity index is 2.35. The third-order valence-electron chi connectivity index (χ3n) is 2.79. The van der Waals surface area contributed by atoms with Gasteiger partial charge in [0.05, 0.1) is 15.5 Å². The zero-order valence-corrected chi connectivity index (χ0v) is 12.7. The maximum absolute atomic E-state index is 12.2. The van der Waals surface area contributed by atoms with E-state index in [1.807, 2.05) is 13.0 Å². The lowest BCUT2D eigenvalue weighted by Crippen LogP contribution is -2.16. The van der Waals surface area contributed by atoms with Crippen molar-refractivity contribution in [3.63, 3.8) is 0 Å².